The average Bonchev–Trinajstić information content (AvgIpc) is 1.87. The Morgan fingerprint density at radius 2 is 2.18 bits per heavy atom. The Labute approximate surface area is 65.2 Å². The molecule has 0 heterocycles. The van der Waals surface area contributed by atoms with Gasteiger partial charge in [-0.05, 0) is 13.3 Å². The molecule has 1 radical (unpaired) electrons. The molecule has 0 fully saturated rings. The summed E-state index contributed by atoms with van der Waals surface area (Å²) in [4.78, 5) is 20.5. The fourth-order valence-corrected chi connectivity index (χ4v) is 0.515. The van der Waals surface area contributed by atoms with Gasteiger partial charge in [-0.2, -0.15) is 0 Å². The van der Waals surface area contributed by atoms with Crippen LogP contribution in [0, 0.1) is 6.42 Å². The number of aliphatic carboxylic acids is 1. The molecule has 1 N–H and O–H groups in total. The smallest absolute Gasteiger partial charge is 0.309 e. The van der Waals surface area contributed by atoms with Gasteiger partial charge in [0.05, 0.1) is 13.0 Å². The molecule has 0 aromatic carbocycles. The van der Waals surface area contributed by atoms with Crippen molar-refractivity contribution in [3.8, 4) is 0 Å². The summed E-state index contributed by atoms with van der Waals surface area (Å²) < 4.78 is 4.54. The summed E-state index contributed by atoms with van der Waals surface area (Å²) in [5, 5.41) is 8.18. The van der Waals surface area contributed by atoms with E-state index in [0.29, 0.717) is 6.61 Å². The van der Waals surface area contributed by atoms with Crippen LogP contribution in [0.5, 0.6) is 0 Å². The average molecular weight is 159 g/mol. The molecule has 4 heteroatoms. The van der Waals surface area contributed by atoms with Gasteiger partial charge in [-0.15, -0.1) is 0 Å². The molecule has 0 aliphatic heterocycles. The minimum Gasteiger partial charge on any atom is -0.481 e. The van der Waals surface area contributed by atoms with Crippen molar-refractivity contribution >= 4 is 11.9 Å². The van der Waals surface area contributed by atoms with Crippen LogP contribution in [0.25, 0.3) is 0 Å². The van der Waals surface area contributed by atoms with E-state index in [-0.39, 0.29) is 12.8 Å². The summed E-state index contributed by atoms with van der Waals surface area (Å²) >= 11 is 0. The quantitative estimate of drug-likeness (QED) is 0.597. The lowest BCUT2D eigenvalue weighted by atomic mass is 10.2. The monoisotopic (exact) mass is 159 g/mol. The highest BCUT2D eigenvalue weighted by molar-refractivity contribution is 5.79. The summed E-state index contributed by atoms with van der Waals surface area (Å²) in [5.41, 5.74) is 0. The minimum atomic E-state index is -0.912. The lowest BCUT2D eigenvalue weighted by molar-refractivity contribution is -0.139. The van der Waals surface area contributed by atoms with Crippen molar-refractivity contribution in [2.45, 2.75) is 19.8 Å². The lowest BCUT2D eigenvalue weighted by Crippen LogP contribution is -2.05. The first-order chi connectivity index (χ1) is 5.16. The van der Waals surface area contributed by atoms with E-state index in [9.17, 15) is 9.59 Å². The molecule has 0 atom stereocenters. The zero-order chi connectivity index (χ0) is 8.69. The molecule has 63 valence electrons. The van der Waals surface area contributed by atoms with Crippen LogP contribution in [0.3, 0.4) is 0 Å². The Bertz CT molecular complexity index is 141. The second-order valence-corrected chi connectivity index (χ2v) is 1.89. The summed E-state index contributed by atoms with van der Waals surface area (Å²) in [6.45, 7) is 2.02. The second kappa shape index (κ2) is 5.70. The first-order valence-corrected chi connectivity index (χ1v) is 3.38. The molecule has 0 rings (SSSR count). The van der Waals surface area contributed by atoms with Crippen molar-refractivity contribution in [2.75, 3.05) is 6.61 Å². The highest BCUT2D eigenvalue weighted by atomic mass is 16.5. The number of carboxylic acids is 1. The van der Waals surface area contributed by atoms with Gasteiger partial charge in [-0.25, -0.2) is 0 Å². The van der Waals surface area contributed by atoms with Crippen LogP contribution in [0.1, 0.15) is 19.8 Å². The number of rotatable bonds is 5. The Hall–Kier alpha value is -1.06. The molecular weight excluding hydrogens is 148 g/mol. The largest absolute Gasteiger partial charge is 0.481 e. The molecule has 4 nitrogen and oxygen atoms in total. The maximum absolute atomic E-state index is 10.6. The van der Waals surface area contributed by atoms with Crippen LogP contribution in [-0.4, -0.2) is 23.7 Å². The molecule has 0 saturated heterocycles. The van der Waals surface area contributed by atoms with E-state index in [4.69, 9.17) is 5.11 Å². The highest BCUT2D eigenvalue weighted by Crippen LogP contribution is 1.95. The van der Waals surface area contributed by atoms with Crippen molar-refractivity contribution in [1.82, 2.24) is 0 Å². The maximum Gasteiger partial charge on any atom is 0.309 e. The van der Waals surface area contributed by atoms with Crippen LogP contribution >= 0.6 is 0 Å². The van der Waals surface area contributed by atoms with Gasteiger partial charge in [-0.3, -0.25) is 9.59 Å². The Kier molecular flexibility index (Phi) is 5.15. The van der Waals surface area contributed by atoms with Crippen molar-refractivity contribution in [3.05, 3.63) is 6.42 Å². The third-order valence-electron chi connectivity index (χ3n) is 0.956. The molecule has 0 spiro atoms. The van der Waals surface area contributed by atoms with Crippen LogP contribution in [-0.2, 0) is 14.3 Å². The summed E-state index contributed by atoms with van der Waals surface area (Å²) in [7, 11) is 0. The maximum atomic E-state index is 10.6. The molecule has 0 saturated carbocycles. The van der Waals surface area contributed by atoms with Gasteiger partial charge in [-0.1, -0.05) is 0 Å². The summed E-state index contributed by atoms with van der Waals surface area (Å²) in [6.07, 6.45) is 1.44. The van der Waals surface area contributed by atoms with Gasteiger partial charge >= 0.3 is 11.9 Å². The SMILES string of the molecule is CCOC(=O)[CH]CCC(=O)O. The van der Waals surface area contributed by atoms with Gasteiger partial charge < -0.3 is 9.84 Å². The van der Waals surface area contributed by atoms with E-state index in [2.05, 4.69) is 4.74 Å². The molecule has 0 aliphatic rings. The van der Waals surface area contributed by atoms with E-state index in [1.54, 1.807) is 6.92 Å². The number of hydrogen-bond donors (Lipinski definition) is 1. The normalized spacial score (nSPS) is 9.18. The number of carbonyl (C=O) groups excluding carboxylic acids is 1. The fourth-order valence-electron chi connectivity index (χ4n) is 0.515. The molecule has 0 aliphatic carbocycles. The zero-order valence-corrected chi connectivity index (χ0v) is 6.37. The highest BCUT2D eigenvalue weighted by Gasteiger charge is 2.03. The molecule has 0 bridgehead atoms. The molecule has 0 aromatic heterocycles. The molecule has 0 unspecified atom stereocenters. The predicted molar refractivity (Wildman–Crippen MR) is 37.8 cm³/mol. The molecule has 0 aromatic rings. The van der Waals surface area contributed by atoms with Crippen LogP contribution in [0.2, 0.25) is 0 Å². The fraction of sp³-hybridized carbons (Fsp3) is 0.571. The first-order valence-electron chi connectivity index (χ1n) is 3.38. The van der Waals surface area contributed by atoms with E-state index in [0.717, 1.165) is 0 Å². The van der Waals surface area contributed by atoms with Gasteiger partial charge in [0.1, 0.15) is 0 Å². The van der Waals surface area contributed by atoms with Crippen molar-refractivity contribution in [2.24, 2.45) is 0 Å². The van der Waals surface area contributed by atoms with Gasteiger partial charge in [0, 0.05) is 6.42 Å². The summed E-state index contributed by atoms with van der Waals surface area (Å²) in [6, 6.07) is 0. The Morgan fingerprint density at radius 3 is 2.64 bits per heavy atom. The van der Waals surface area contributed by atoms with Crippen molar-refractivity contribution < 1.29 is 19.4 Å². The Balaban J connectivity index is 3.24. The van der Waals surface area contributed by atoms with Gasteiger partial charge in [0.2, 0.25) is 0 Å². The lowest BCUT2D eigenvalue weighted by Gasteiger charge is -1.98. The number of ether oxygens (including phenoxy) is 1. The standard InChI is InChI=1S/C7H11O4/c1-2-11-7(10)5-3-4-6(8)9/h5H,2-4H2,1H3,(H,8,9). The molecule has 11 heavy (non-hydrogen) atoms. The van der Waals surface area contributed by atoms with Crippen molar-refractivity contribution in [1.29, 1.82) is 0 Å². The number of carbonyl (C=O) groups is 2. The van der Waals surface area contributed by atoms with Crippen LogP contribution in [0.15, 0.2) is 0 Å². The number of carboxylic acid groups (broad SMARTS) is 1. The third-order valence-corrected chi connectivity index (χ3v) is 0.956. The topological polar surface area (TPSA) is 63.6 Å². The van der Waals surface area contributed by atoms with E-state index >= 15 is 0 Å². The second-order valence-electron chi connectivity index (χ2n) is 1.89. The van der Waals surface area contributed by atoms with E-state index < -0.39 is 11.9 Å². The minimum absolute atomic E-state index is 0.0290. The van der Waals surface area contributed by atoms with Gasteiger partial charge in [0.25, 0.3) is 0 Å². The number of esters is 1. The molecular formula is C7H11O4. The first kappa shape index (κ1) is 9.94. The van der Waals surface area contributed by atoms with Gasteiger partial charge in [0.15, 0.2) is 0 Å². The van der Waals surface area contributed by atoms with Crippen LogP contribution in [0.4, 0.5) is 0 Å². The summed E-state index contributed by atoms with van der Waals surface area (Å²) in [5.74, 6) is -1.36. The predicted octanol–water partition coefficient (Wildman–Crippen LogP) is 0.619. The third kappa shape index (κ3) is 6.83. The Morgan fingerprint density at radius 1 is 1.55 bits per heavy atom. The van der Waals surface area contributed by atoms with E-state index in [1.165, 1.54) is 6.42 Å². The zero-order valence-electron chi connectivity index (χ0n) is 6.37. The number of hydrogen-bond acceptors (Lipinski definition) is 3. The molecule has 0 amide bonds. The van der Waals surface area contributed by atoms with Crippen molar-refractivity contribution in [3.63, 3.8) is 0 Å². The van der Waals surface area contributed by atoms with E-state index in [1.807, 2.05) is 0 Å². The van der Waals surface area contributed by atoms with Crippen LogP contribution < -0.4 is 0 Å².